The number of hydrogen-bond donors (Lipinski definition) is 0. The van der Waals surface area contributed by atoms with Crippen molar-refractivity contribution in [2.24, 2.45) is 4.99 Å². The maximum atomic E-state index is 15.2. The van der Waals surface area contributed by atoms with Gasteiger partial charge in [-0.3, -0.25) is 9.98 Å². The summed E-state index contributed by atoms with van der Waals surface area (Å²) in [6.45, 7) is 4.12. The van der Waals surface area contributed by atoms with Crippen molar-refractivity contribution >= 4 is 22.6 Å². The Labute approximate surface area is 176 Å². The topological polar surface area (TPSA) is 31.7 Å². The standard InChI is InChI=1S/C23H27FN4S/c1-2-17-15-29-23-26-21(19-8-4-5-11-25-19)22(28(17)23)16-9-10-20(18(24)14-16)27-12-6-3-7-13-27/h4-5,8-11,14,17,21-22H,2-3,6-7,12-13,15H2,1H3/t17-,21+,22+/m1/s1. The maximum absolute atomic E-state index is 15.2. The molecule has 3 aliphatic rings. The summed E-state index contributed by atoms with van der Waals surface area (Å²) >= 11 is 1.82. The molecule has 6 heteroatoms. The Hall–Kier alpha value is -2.08. The molecule has 2 aromatic rings. The van der Waals surface area contributed by atoms with E-state index in [0.29, 0.717) is 6.04 Å². The molecule has 1 aromatic heterocycles. The van der Waals surface area contributed by atoms with Gasteiger partial charge >= 0.3 is 0 Å². The molecule has 3 atom stereocenters. The van der Waals surface area contributed by atoms with Crippen molar-refractivity contribution in [3.05, 3.63) is 59.7 Å². The number of rotatable bonds is 4. The van der Waals surface area contributed by atoms with Crippen LogP contribution in [0, 0.1) is 5.82 Å². The summed E-state index contributed by atoms with van der Waals surface area (Å²) in [6, 6.07) is 12.2. The van der Waals surface area contributed by atoms with E-state index in [4.69, 9.17) is 4.99 Å². The molecule has 4 heterocycles. The molecule has 0 aliphatic carbocycles. The molecule has 0 spiro atoms. The largest absolute Gasteiger partial charge is 0.369 e. The minimum atomic E-state index is -0.113. The SMILES string of the molecule is CC[C@@H]1CSC2=N[C@@H](c3ccccn3)[C@H](c3ccc(N4CCCCC4)c(F)c3)N21. The highest BCUT2D eigenvalue weighted by molar-refractivity contribution is 8.14. The highest BCUT2D eigenvalue weighted by Crippen LogP contribution is 2.48. The zero-order valence-corrected chi connectivity index (χ0v) is 17.6. The second-order valence-corrected chi connectivity index (χ2v) is 9.08. The molecule has 0 bridgehead atoms. The number of benzene rings is 1. The molecule has 152 valence electrons. The van der Waals surface area contributed by atoms with Crippen molar-refractivity contribution in [3.63, 3.8) is 0 Å². The molecule has 0 unspecified atom stereocenters. The molecule has 29 heavy (non-hydrogen) atoms. The van der Waals surface area contributed by atoms with Gasteiger partial charge in [0.25, 0.3) is 0 Å². The summed E-state index contributed by atoms with van der Waals surface area (Å²) in [5, 5.41) is 1.08. The first-order chi connectivity index (χ1) is 14.3. The quantitative estimate of drug-likeness (QED) is 0.694. The number of nitrogens with zero attached hydrogens (tertiary/aromatic N) is 4. The van der Waals surface area contributed by atoms with Crippen LogP contribution in [0.4, 0.5) is 10.1 Å². The molecule has 5 rings (SSSR count). The number of aliphatic imine (C=N–C) groups is 1. The summed E-state index contributed by atoms with van der Waals surface area (Å²) in [5.74, 6) is 0.937. The van der Waals surface area contributed by atoms with Gasteiger partial charge in [-0.2, -0.15) is 0 Å². The monoisotopic (exact) mass is 410 g/mol. The number of halogens is 1. The molecule has 0 N–H and O–H groups in total. The lowest BCUT2D eigenvalue weighted by Gasteiger charge is -2.33. The fourth-order valence-electron chi connectivity index (χ4n) is 4.81. The van der Waals surface area contributed by atoms with E-state index in [1.54, 1.807) is 6.07 Å². The average Bonchev–Trinajstić information content (AvgIpc) is 3.34. The van der Waals surface area contributed by atoms with Gasteiger partial charge in [-0.05, 0) is 55.5 Å². The summed E-state index contributed by atoms with van der Waals surface area (Å²) in [4.78, 5) is 14.2. The number of thioether (sulfide) groups is 1. The van der Waals surface area contributed by atoms with Gasteiger partial charge in [0, 0.05) is 31.1 Å². The second kappa shape index (κ2) is 7.98. The lowest BCUT2D eigenvalue weighted by Crippen LogP contribution is -2.35. The van der Waals surface area contributed by atoms with E-state index in [2.05, 4.69) is 27.8 Å². The van der Waals surface area contributed by atoms with E-state index in [9.17, 15) is 0 Å². The number of piperidine rings is 1. The zero-order valence-electron chi connectivity index (χ0n) is 16.8. The minimum absolute atomic E-state index is 0.00440. The molecule has 1 aromatic carbocycles. The van der Waals surface area contributed by atoms with Crippen LogP contribution < -0.4 is 4.90 Å². The summed E-state index contributed by atoms with van der Waals surface area (Å²) in [5.41, 5.74) is 2.69. The lowest BCUT2D eigenvalue weighted by molar-refractivity contribution is 0.255. The van der Waals surface area contributed by atoms with Gasteiger partial charge < -0.3 is 9.80 Å². The van der Waals surface area contributed by atoms with Crippen LogP contribution >= 0.6 is 11.8 Å². The summed E-state index contributed by atoms with van der Waals surface area (Å²) < 4.78 is 15.2. The van der Waals surface area contributed by atoms with E-state index < -0.39 is 0 Å². The Morgan fingerprint density at radius 2 is 2.00 bits per heavy atom. The molecular weight excluding hydrogens is 383 g/mol. The molecule has 3 aliphatic heterocycles. The minimum Gasteiger partial charge on any atom is -0.369 e. The number of fused-ring (bicyclic) bond motifs is 1. The highest BCUT2D eigenvalue weighted by Gasteiger charge is 2.45. The Morgan fingerprint density at radius 3 is 2.72 bits per heavy atom. The fourth-order valence-corrected chi connectivity index (χ4v) is 6.15. The predicted octanol–water partition coefficient (Wildman–Crippen LogP) is 5.19. The predicted molar refractivity (Wildman–Crippen MR) is 118 cm³/mol. The van der Waals surface area contributed by atoms with Crippen molar-refractivity contribution in [1.82, 2.24) is 9.88 Å². The molecule has 4 nitrogen and oxygen atoms in total. The number of hydrogen-bond acceptors (Lipinski definition) is 5. The normalized spacial score (nSPS) is 26.6. The van der Waals surface area contributed by atoms with E-state index in [1.165, 1.54) is 6.42 Å². The average molecular weight is 411 g/mol. The number of amidine groups is 1. The van der Waals surface area contributed by atoms with Gasteiger partial charge in [-0.25, -0.2) is 4.39 Å². The van der Waals surface area contributed by atoms with Crippen LogP contribution in [-0.2, 0) is 0 Å². The number of aromatic nitrogens is 1. The van der Waals surface area contributed by atoms with Crippen molar-refractivity contribution in [1.29, 1.82) is 0 Å². The fraction of sp³-hybridized carbons (Fsp3) is 0.478. The first-order valence-electron chi connectivity index (χ1n) is 10.7. The third-order valence-corrected chi connectivity index (χ3v) is 7.47. The molecule has 0 radical (unpaired) electrons. The van der Waals surface area contributed by atoms with Gasteiger partial charge in [0.05, 0.1) is 17.4 Å². The van der Waals surface area contributed by atoms with Gasteiger partial charge in [0.2, 0.25) is 0 Å². The van der Waals surface area contributed by atoms with Crippen LogP contribution in [0.2, 0.25) is 0 Å². The lowest BCUT2D eigenvalue weighted by atomic mass is 9.94. The van der Waals surface area contributed by atoms with E-state index in [0.717, 1.165) is 60.2 Å². The van der Waals surface area contributed by atoms with Crippen LogP contribution in [0.3, 0.4) is 0 Å². The molecule has 0 saturated carbocycles. The smallest absolute Gasteiger partial charge is 0.160 e. The molecule has 2 saturated heterocycles. The van der Waals surface area contributed by atoms with Crippen LogP contribution in [0.5, 0.6) is 0 Å². The third kappa shape index (κ3) is 3.41. The number of pyridine rings is 1. The second-order valence-electron chi connectivity index (χ2n) is 8.09. The van der Waals surface area contributed by atoms with Gasteiger partial charge in [0.1, 0.15) is 11.9 Å². The third-order valence-electron chi connectivity index (χ3n) is 6.34. The van der Waals surface area contributed by atoms with Crippen molar-refractivity contribution < 1.29 is 4.39 Å². The molecular formula is C23H27FN4S. The van der Waals surface area contributed by atoms with Gasteiger partial charge in [-0.15, -0.1) is 0 Å². The van der Waals surface area contributed by atoms with Crippen LogP contribution in [0.1, 0.15) is 55.9 Å². The first-order valence-corrected chi connectivity index (χ1v) is 11.7. The van der Waals surface area contributed by atoms with Crippen LogP contribution in [0.25, 0.3) is 0 Å². The first kappa shape index (κ1) is 18.9. The van der Waals surface area contributed by atoms with Gasteiger partial charge in [-0.1, -0.05) is 30.8 Å². The van der Waals surface area contributed by atoms with Crippen molar-refractivity contribution in [3.8, 4) is 0 Å². The molecule has 0 amide bonds. The van der Waals surface area contributed by atoms with E-state index in [1.807, 2.05) is 42.2 Å². The maximum Gasteiger partial charge on any atom is 0.160 e. The van der Waals surface area contributed by atoms with E-state index in [-0.39, 0.29) is 17.9 Å². The van der Waals surface area contributed by atoms with Crippen molar-refractivity contribution in [2.75, 3.05) is 23.7 Å². The Kier molecular flexibility index (Phi) is 5.20. The highest BCUT2D eigenvalue weighted by atomic mass is 32.2. The van der Waals surface area contributed by atoms with Crippen LogP contribution in [0.15, 0.2) is 47.6 Å². The Morgan fingerprint density at radius 1 is 1.14 bits per heavy atom. The van der Waals surface area contributed by atoms with Crippen LogP contribution in [-0.4, -0.2) is 39.9 Å². The number of anilines is 1. The van der Waals surface area contributed by atoms with Crippen molar-refractivity contribution in [2.45, 2.75) is 50.7 Å². The molecule has 2 fully saturated rings. The summed E-state index contributed by atoms with van der Waals surface area (Å²) in [6.07, 6.45) is 6.42. The zero-order chi connectivity index (χ0) is 19.8. The van der Waals surface area contributed by atoms with E-state index >= 15 is 4.39 Å². The summed E-state index contributed by atoms with van der Waals surface area (Å²) in [7, 11) is 0. The Bertz CT molecular complexity index is 897. The van der Waals surface area contributed by atoms with Gasteiger partial charge in [0.15, 0.2) is 5.17 Å². The Balaban J connectivity index is 1.52.